The molecule has 0 radical (unpaired) electrons. The molecule has 0 aliphatic carbocycles. The summed E-state index contributed by atoms with van der Waals surface area (Å²) in [5, 5.41) is 3.48. The predicted octanol–water partition coefficient (Wildman–Crippen LogP) is 2.83. The molecule has 1 aromatic rings. The number of para-hydroxylation sites is 1. The molecule has 0 aromatic heterocycles. The van der Waals surface area contributed by atoms with Crippen LogP contribution in [0.15, 0.2) is 24.3 Å². The van der Waals surface area contributed by atoms with E-state index in [1.165, 1.54) is 12.0 Å². The van der Waals surface area contributed by atoms with Crippen molar-refractivity contribution >= 4 is 0 Å². The van der Waals surface area contributed by atoms with Crippen molar-refractivity contribution in [2.24, 2.45) is 0 Å². The topological polar surface area (TPSA) is 24.5 Å². The quantitative estimate of drug-likeness (QED) is 0.883. The molecule has 2 rings (SSSR count). The molecule has 1 aliphatic heterocycles. The van der Waals surface area contributed by atoms with Gasteiger partial charge in [-0.25, -0.2) is 0 Å². The lowest BCUT2D eigenvalue weighted by Gasteiger charge is -2.42. The molecule has 3 atom stereocenters. The highest BCUT2D eigenvalue weighted by molar-refractivity contribution is 5.38. The Morgan fingerprint density at radius 1 is 1.37 bits per heavy atom. The van der Waals surface area contributed by atoms with Gasteiger partial charge in [-0.15, -0.1) is 0 Å². The van der Waals surface area contributed by atoms with Gasteiger partial charge in [0.05, 0.1) is 12.1 Å². The average Bonchev–Trinajstić information content (AvgIpc) is 2.47. The molecule has 0 fully saturated rings. The summed E-state index contributed by atoms with van der Waals surface area (Å²) in [5.41, 5.74) is 1.28. The Morgan fingerprint density at radius 2 is 2.11 bits per heavy atom. The number of benzene rings is 1. The van der Waals surface area contributed by atoms with Crippen molar-refractivity contribution in [3.05, 3.63) is 29.8 Å². The SMILES string of the molecule is CCC(C)N(CC)C1COc2ccccc2C1NC. The largest absolute Gasteiger partial charge is 0.492 e. The van der Waals surface area contributed by atoms with E-state index in [0.717, 1.165) is 18.9 Å². The van der Waals surface area contributed by atoms with Crippen molar-refractivity contribution in [2.75, 3.05) is 20.2 Å². The molecule has 19 heavy (non-hydrogen) atoms. The van der Waals surface area contributed by atoms with Crippen LogP contribution in [0.4, 0.5) is 0 Å². The summed E-state index contributed by atoms with van der Waals surface area (Å²) in [5.74, 6) is 1.03. The van der Waals surface area contributed by atoms with Crippen molar-refractivity contribution in [1.82, 2.24) is 10.2 Å². The van der Waals surface area contributed by atoms with Gasteiger partial charge in [-0.2, -0.15) is 0 Å². The third-order valence-corrected chi connectivity index (χ3v) is 4.31. The monoisotopic (exact) mass is 262 g/mol. The molecule has 3 unspecified atom stereocenters. The predicted molar refractivity (Wildman–Crippen MR) is 79.7 cm³/mol. The van der Waals surface area contributed by atoms with E-state index >= 15 is 0 Å². The normalized spacial score (nSPS) is 23.8. The van der Waals surface area contributed by atoms with E-state index in [1.54, 1.807) is 0 Å². The number of fused-ring (bicyclic) bond motifs is 1. The summed E-state index contributed by atoms with van der Waals surface area (Å²) in [7, 11) is 2.05. The number of ether oxygens (including phenoxy) is 1. The van der Waals surface area contributed by atoms with Crippen LogP contribution in [0.1, 0.15) is 38.8 Å². The Labute approximate surface area is 116 Å². The maximum Gasteiger partial charge on any atom is 0.124 e. The fraction of sp³-hybridized carbons (Fsp3) is 0.625. The Bertz CT molecular complexity index is 407. The molecule has 1 aromatic carbocycles. The lowest BCUT2D eigenvalue weighted by atomic mass is 9.94. The number of hydrogen-bond acceptors (Lipinski definition) is 3. The minimum absolute atomic E-state index is 0.346. The van der Waals surface area contributed by atoms with Gasteiger partial charge in [0.15, 0.2) is 0 Å². The summed E-state index contributed by atoms with van der Waals surface area (Å²) in [4.78, 5) is 2.55. The van der Waals surface area contributed by atoms with Crippen LogP contribution in [-0.2, 0) is 0 Å². The number of likely N-dealkylation sites (N-methyl/N-ethyl adjacent to an activating group) is 2. The second-order valence-corrected chi connectivity index (χ2v) is 5.27. The smallest absolute Gasteiger partial charge is 0.124 e. The Morgan fingerprint density at radius 3 is 2.74 bits per heavy atom. The first-order valence-electron chi connectivity index (χ1n) is 7.37. The van der Waals surface area contributed by atoms with Gasteiger partial charge >= 0.3 is 0 Å². The molecule has 3 nitrogen and oxygen atoms in total. The second kappa shape index (κ2) is 6.40. The average molecular weight is 262 g/mol. The summed E-state index contributed by atoms with van der Waals surface area (Å²) in [6, 6.07) is 9.70. The zero-order chi connectivity index (χ0) is 13.8. The fourth-order valence-electron chi connectivity index (χ4n) is 3.09. The van der Waals surface area contributed by atoms with E-state index in [4.69, 9.17) is 4.74 Å². The van der Waals surface area contributed by atoms with Crippen molar-refractivity contribution in [1.29, 1.82) is 0 Å². The van der Waals surface area contributed by atoms with Crippen molar-refractivity contribution < 1.29 is 4.74 Å². The second-order valence-electron chi connectivity index (χ2n) is 5.27. The Kier molecular flexibility index (Phi) is 4.83. The van der Waals surface area contributed by atoms with Crippen molar-refractivity contribution in [3.8, 4) is 5.75 Å². The van der Waals surface area contributed by atoms with Gasteiger partial charge < -0.3 is 10.1 Å². The van der Waals surface area contributed by atoms with Gasteiger partial charge in [0.1, 0.15) is 12.4 Å². The highest BCUT2D eigenvalue weighted by Crippen LogP contribution is 2.34. The van der Waals surface area contributed by atoms with Crippen molar-refractivity contribution in [3.63, 3.8) is 0 Å². The standard InChI is InChI=1S/C16H26N2O/c1-5-12(3)18(6-2)14-11-19-15-10-8-7-9-13(15)16(14)17-4/h7-10,12,14,16-17H,5-6,11H2,1-4H3. The molecular weight excluding hydrogens is 236 g/mol. The lowest BCUT2D eigenvalue weighted by Crippen LogP contribution is -2.52. The van der Waals surface area contributed by atoms with E-state index in [-0.39, 0.29) is 0 Å². The zero-order valence-electron chi connectivity index (χ0n) is 12.5. The maximum atomic E-state index is 5.96. The highest BCUT2D eigenvalue weighted by atomic mass is 16.5. The van der Waals surface area contributed by atoms with Crippen LogP contribution < -0.4 is 10.1 Å². The van der Waals surface area contributed by atoms with Gasteiger partial charge in [-0.3, -0.25) is 4.90 Å². The summed E-state index contributed by atoms with van der Waals surface area (Å²) in [6.45, 7) is 8.61. The van der Waals surface area contributed by atoms with E-state index in [2.05, 4.69) is 49.2 Å². The van der Waals surface area contributed by atoms with E-state index in [1.807, 2.05) is 13.1 Å². The molecule has 1 aliphatic rings. The zero-order valence-corrected chi connectivity index (χ0v) is 12.5. The molecule has 0 bridgehead atoms. The molecule has 0 saturated carbocycles. The molecule has 1 heterocycles. The van der Waals surface area contributed by atoms with Crippen LogP contribution >= 0.6 is 0 Å². The van der Waals surface area contributed by atoms with Crippen LogP contribution in [0, 0.1) is 0 Å². The van der Waals surface area contributed by atoms with Gasteiger partial charge in [-0.05, 0) is 33.0 Å². The van der Waals surface area contributed by atoms with Crippen LogP contribution in [0.2, 0.25) is 0 Å². The number of rotatable bonds is 5. The fourth-order valence-corrected chi connectivity index (χ4v) is 3.09. The number of hydrogen-bond donors (Lipinski definition) is 1. The molecule has 0 saturated heterocycles. The van der Waals surface area contributed by atoms with Crippen LogP contribution in [0.3, 0.4) is 0 Å². The van der Waals surface area contributed by atoms with E-state index in [0.29, 0.717) is 18.1 Å². The first-order valence-corrected chi connectivity index (χ1v) is 7.37. The maximum absolute atomic E-state index is 5.96. The van der Waals surface area contributed by atoms with Gasteiger partial charge in [0.2, 0.25) is 0 Å². The highest BCUT2D eigenvalue weighted by Gasteiger charge is 2.34. The molecule has 1 N–H and O–H groups in total. The molecule has 0 amide bonds. The number of nitrogens with zero attached hydrogens (tertiary/aromatic N) is 1. The summed E-state index contributed by atoms with van der Waals surface area (Å²) < 4.78 is 5.96. The molecule has 106 valence electrons. The Hall–Kier alpha value is -1.06. The first kappa shape index (κ1) is 14.4. The summed E-state index contributed by atoms with van der Waals surface area (Å²) in [6.07, 6.45) is 1.17. The van der Waals surface area contributed by atoms with Gasteiger partial charge in [-0.1, -0.05) is 32.0 Å². The van der Waals surface area contributed by atoms with Gasteiger partial charge in [0.25, 0.3) is 0 Å². The van der Waals surface area contributed by atoms with Crippen LogP contribution in [-0.4, -0.2) is 37.2 Å². The lowest BCUT2D eigenvalue weighted by molar-refractivity contribution is 0.0622. The van der Waals surface area contributed by atoms with Crippen LogP contribution in [0.5, 0.6) is 5.75 Å². The third-order valence-electron chi connectivity index (χ3n) is 4.31. The van der Waals surface area contributed by atoms with E-state index in [9.17, 15) is 0 Å². The van der Waals surface area contributed by atoms with Gasteiger partial charge in [0, 0.05) is 11.6 Å². The number of nitrogens with one attached hydrogen (secondary N) is 1. The van der Waals surface area contributed by atoms with E-state index < -0.39 is 0 Å². The first-order chi connectivity index (χ1) is 9.22. The van der Waals surface area contributed by atoms with Crippen LogP contribution in [0.25, 0.3) is 0 Å². The Balaban J connectivity index is 2.28. The summed E-state index contributed by atoms with van der Waals surface area (Å²) >= 11 is 0. The molecule has 0 spiro atoms. The minimum atomic E-state index is 0.346. The van der Waals surface area contributed by atoms with Crippen molar-refractivity contribution in [2.45, 2.75) is 45.3 Å². The molecular formula is C16H26N2O. The molecule has 3 heteroatoms. The third kappa shape index (κ3) is 2.77. The minimum Gasteiger partial charge on any atom is -0.492 e.